The third kappa shape index (κ3) is 4.64. The molecule has 3 aromatic rings. The third-order valence-corrected chi connectivity index (χ3v) is 7.00. The number of rotatable bonds is 7. The Morgan fingerprint density at radius 1 is 1.15 bits per heavy atom. The summed E-state index contributed by atoms with van der Waals surface area (Å²) in [6, 6.07) is 14.2. The zero-order valence-corrected chi connectivity index (χ0v) is 20.5. The molecule has 1 aromatic heterocycles. The Morgan fingerprint density at radius 3 is 2.56 bits per heavy atom. The first-order valence-electron chi connectivity index (χ1n) is 11.7. The number of piperidine rings is 1. The van der Waals surface area contributed by atoms with Crippen LogP contribution in [0.2, 0.25) is 0 Å². The zero-order chi connectivity index (χ0) is 23.0. The van der Waals surface area contributed by atoms with E-state index in [2.05, 4.69) is 28.1 Å². The number of benzene rings is 2. The molecule has 0 radical (unpaired) electrons. The molecule has 5 rings (SSSR count). The van der Waals surface area contributed by atoms with Crippen LogP contribution in [0.25, 0.3) is 10.9 Å². The summed E-state index contributed by atoms with van der Waals surface area (Å²) in [4.78, 5) is 13.7. The molecule has 6 nitrogen and oxygen atoms in total. The molecule has 1 saturated heterocycles. The Morgan fingerprint density at radius 2 is 1.88 bits per heavy atom. The van der Waals surface area contributed by atoms with E-state index in [-0.39, 0.29) is 19.0 Å². The number of halogens is 2. The average Bonchev–Trinajstić information content (AvgIpc) is 3.61. The predicted octanol–water partition coefficient (Wildman–Crippen LogP) is 4.83. The van der Waals surface area contributed by atoms with Crippen molar-refractivity contribution in [3.63, 3.8) is 0 Å². The molecule has 0 bridgehead atoms. The van der Waals surface area contributed by atoms with E-state index < -0.39 is 5.67 Å². The van der Waals surface area contributed by atoms with Crippen LogP contribution in [0.5, 0.6) is 5.75 Å². The fourth-order valence-corrected chi connectivity index (χ4v) is 4.80. The number of aliphatic hydroxyl groups is 1. The number of hydrogen-bond acceptors (Lipinski definition) is 6. The van der Waals surface area contributed by atoms with Crippen LogP contribution < -0.4 is 14.5 Å². The lowest BCUT2D eigenvalue weighted by molar-refractivity contribution is 0.301. The molecule has 2 aromatic carbocycles. The van der Waals surface area contributed by atoms with Crippen LogP contribution in [0.3, 0.4) is 0 Å². The lowest BCUT2D eigenvalue weighted by Gasteiger charge is -2.34. The Kier molecular flexibility index (Phi) is 7.14. The lowest BCUT2D eigenvalue weighted by atomic mass is 9.88. The standard InChI is InChI=1S/C26H31FN4O2.ClH/c1-30(15-16-32)19-7-8-22-21(17-19)24(29-25(28-22)26(27)11-12-26)31-13-9-18(10-14-31)20-5-3-4-6-23(20)33-2;/h3-8,17-18,32H,9-16H2,1-2H3;1H. The first-order valence-corrected chi connectivity index (χ1v) is 11.7. The molecule has 34 heavy (non-hydrogen) atoms. The van der Waals surface area contributed by atoms with Crippen LogP contribution in [0.15, 0.2) is 42.5 Å². The average molecular weight is 487 g/mol. The van der Waals surface area contributed by atoms with Crippen molar-refractivity contribution in [2.45, 2.75) is 37.3 Å². The zero-order valence-electron chi connectivity index (χ0n) is 19.7. The first-order chi connectivity index (χ1) is 16.0. The first kappa shape index (κ1) is 24.5. The van der Waals surface area contributed by atoms with Crippen LogP contribution in [0.1, 0.15) is 43.0 Å². The molecular weight excluding hydrogens is 455 g/mol. The Labute approximate surface area is 206 Å². The number of hydrogen-bond donors (Lipinski definition) is 1. The monoisotopic (exact) mass is 486 g/mol. The molecule has 1 aliphatic carbocycles. The van der Waals surface area contributed by atoms with Gasteiger partial charge in [0.2, 0.25) is 0 Å². The third-order valence-electron chi connectivity index (χ3n) is 7.00. The van der Waals surface area contributed by atoms with E-state index in [0.717, 1.165) is 54.1 Å². The summed E-state index contributed by atoms with van der Waals surface area (Å²) in [7, 11) is 3.67. The number of para-hydroxylation sites is 1. The van der Waals surface area contributed by atoms with Gasteiger partial charge in [-0.2, -0.15) is 0 Å². The topological polar surface area (TPSA) is 61.7 Å². The van der Waals surface area contributed by atoms with Gasteiger partial charge in [0, 0.05) is 37.8 Å². The van der Waals surface area contributed by atoms with Gasteiger partial charge in [0.1, 0.15) is 11.6 Å². The van der Waals surface area contributed by atoms with E-state index in [4.69, 9.17) is 9.72 Å². The largest absolute Gasteiger partial charge is 0.496 e. The van der Waals surface area contributed by atoms with Crippen LogP contribution in [-0.4, -0.2) is 55.5 Å². The van der Waals surface area contributed by atoms with E-state index in [1.54, 1.807) is 7.11 Å². The fraction of sp³-hybridized carbons (Fsp3) is 0.462. The van der Waals surface area contributed by atoms with Gasteiger partial charge in [-0.05, 0) is 61.4 Å². The van der Waals surface area contributed by atoms with Crippen molar-refractivity contribution in [2.75, 3.05) is 50.2 Å². The van der Waals surface area contributed by atoms with E-state index in [0.29, 0.717) is 31.1 Å². The van der Waals surface area contributed by atoms with E-state index >= 15 is 0 Å². The second kappa shape index (κ2) is 9.92. The molecule has 182 valence electrons. The highest BCUT2D eigenvalue weighted by atomic mass is 35.5. The van der Waals surface area contributed by atoms with Gasteiger partial charge in [-0.25, -0.2) is 14.4 Å². The lowest BCUT2D eigenvalue weighted by Crippen LogP contribution is -2.34. The van der Waals surface area contributed by atoms with Crippen LogP contribution in [-0.2, 0) is 5.67 Å². The molecule has 0 spiro atoms. The maximum absolute atomic E-state index is 15.0. The Balaban J connectivity index is 0.00000274. The summed E-state index contributed by atoms with van der Waals surface area (Å²) in [6.45, 7) is 2.30. The number of aromatic nitrogens is 2. The summed E-state index contributed by atoms with van der Waals surface area (Å²) < 4.78 is 20.6. The number of methoxy groups -OCH3 is 1. The quantitative estimate of drug-likeness (QED) is 0.516. The van der Waals surface area contributed by atoms with Gasteiger partial charge in [0.15, 0.2) is 11.5 Å². The van der Waals surface area contributed by atoms with Gasteiger partial charge in [-0.3, -0.25) is 0 Å². The van der Waals surface area contributed by atoms with Crippen molar-refractivity contribution >= 4 is 34.8 Å². The van der Waals surface area contributed by atoms with Gasteiger partial charge in [-0.15, -0.1) is 12.4 Å². The highest BCUT2D eigenvalue weighted by molar-refractivity contribution is 5.92. The number of fused-ring (bicyclic) bond motifs is 1. The summed E-state index contributed by atoms with van der Waals surface area (Å²) >= 11 is 0. The highest BCUT2D eigenvalue weighted by Crippen LogP contribution is 2.49. The van der Waals surface area contributed by atoms with Gasteiger partial charge >= 0.3 is 0 Å². The van der Waals surface area contributed by atoms with Crippen molar-refractivity contribution < 1.29 is 14.2 Å². The number of ether oxygens (including phenoxy) is 1. The molecule has 0 amide bonds. The fourth-order valence-electron chi connectivity index (χ4n) is 4.80. The smallest absolute Gasteiger partial charge is 0.170 e. The van der Waals surface area contributed by atoms with Crippen LogP contribution in [0, 0.1) is 0 Å². The molecule has 8 heteroatoms. The number of anilines is 2. The molecule has 1 saturated carbocycles. The minimum Gasteiger partial charge on any atom is -0.496 e. The Bertz CT molecular complexity index is 1150. The van der Waals surface area contributed by atoms with E-state index in [1.807, 2.05) is 36.2 Å². The number of alkyl halides is 1. The molecule has 0 unspecified atom stereocenters. The SMILES string of the molecule is COc1ccccc1C1CCN(c2nc(C3(F)CC3)nc3ccc(N(C)CCO)cc23)CC1.Cl. The van der Waals surface area contributed by atoms with Crippen LogP contribution >= 0.6 is 12.4 Å². The van der Waals surface area contributed by atoms with Crippen molar-refractivity contribution in [3.8, 4) is 5.75 Å². The maximum Gasteiger partial charge on any atom is 0.170 e. The highest BCUT2D eigenvalue weighted by Gasteiger charge is 2.48. The molecule has 2 aliphatic rings. The summed E-state index contributed by atoms with van der Waals surface area (Å²) in [5, 5.41) is 10.3. The summed E-state index contributed by atoms with van der Waals surface area (Å²) in [5.41, 5.74) is 1.62. The Hall–Kier alpha value is -2.64. The molecule has 1 aliphatic heterocycles. The predicted molar refractivity (Wildman–Crippen MR) is 136 cm³/mol. The van der Waals surface area contributed by atoms with Crippen molar-refractivity contribution in [3.05, 3.63) is 53.9 Å². The molecule has 0 atom stereocenters. The van der Waals surface area contributed by atoms with Crippen molar-refractivity contribution in [1.82, 2.24) is 9.97 Å². The maximum atomic E-state index is 15.0. The minimum atomic E-state index is -1.38. The van der Waals surface area contributed by atoms with Gasteiger partial charge in [0.25, 0.3) is 0 Å². The van der Waals surface area contributed by atoms with Gasteiger partial charge in [-0.1, -0.05) is 18.2 Å². The summed E-state index contributed by atoms with van der Waals surface area (Å²) in [5.74, 6) is 2.49. The summed E-state index contributed by atoms with van der Waals surface area (Å²) in [6.07, 6.45) is 2.94. The van der Waals surface area contributed by atoms with Crippen molar-refractivity contribution in [2.24, 2.45) is 0 Å². The normalized spacial score (nSPS) is 17.4. The molecule has 1 N–H and O–H groups in total. The second-order valence-electron chi connectivity index (χ2n) is 9.19. The van der Waals surface area contributed by atoms with Crippen LogP contribution in [0.4, 0.5) is 15.9 Å². The van der Waals surface area contributed by atoms with Gasteiger partial charge in [0.05, 0.1) is 19.2 Å². The molecular formula is C26H32ClFN4O2. The number of nitrogens with zero attached hydrogens (tertiary/aromatic N) is 4. The van der Waals surface area contributed by atoms with E-state index in [1.165, 1.54) is 5.56 Å². The number of aliphatic hydroxyl groups excluding tert-OH is 1. The minimum absolute atomic E-state index is 0. The molecule has 2 fully saturated rings. The van der Waals surface area contributed by atoms with Crippen molar-refractivity contribution in [1.29, 1.82) is 0 Å². The van der Waals surface area contributed by atoms with Gasteiger partial charge < -0.3 is 19.6 Å². The second-order valence-corrected chi connectivity index (χ2v) is 9.19. The molecule has 2 heterocycles. The van der Waals surface area contributed by atoms with E-state index in [9.17, 15) is 9.50 Å². The number of likely N-dealkylation sites (N-methyl/N-ethyl adjacent to an activating group) is 1.